The van der Waals surface area contributed by atoms with Gasteiger partial charge in [-0.2, -0.15) is 0 Å². The number of hydrogen-bond donors (Lipinski definition) is 1. The molecule has 0 bridgehead atoms. The van der Waals surface area contributed by atoms with Crippen LogP contribution in [0, 0.1) is 11.8 Å². The van der Waals surface area contributed by atoms with E-state index in [2.05, 4.69) is 12.2 Å². The van der Waals surface area contributed by atoms with Gasteiger partial charge in [-0.15, -0.1) is 0 Å². The molecule has 0 spiro atoms. The van der Waals surface area contributed by atoms with Crippen LogP contribution in [0.15, 0.2) is 0 Å². The SMILES string of the molecule is CNCC(C)CC1CCC1. The number of rotatable bonds is 4. The van der Waals surface area contributed by atoms with Gasteiger partial charge in [0.15, 0.2) is 0 Å². The average molecular weight is 141 g/mol. The average Bonchev–Trinajstić information content (AvgIpc) is 1.80. The van der Waals surface area contributed by atoms with Crippen LogP contribution >= 0.6 is 0 Å². The van der Waals surface area contributed by atoms with Crippen molar-refractivity contribution in [1.29, 1.82) is 0 Å². The summed E-state index contributed by atoms with van der Waals surface area (Å²) in [5.41, 5.74) is 0. The van der Waals surface area contributed by atoms with Gasteiger partial charge in [-0.25, -0.2) is 0 Å². The molecule has 1 aliphatic carbocycles. The fraction of sp³-hybridized carbons (Fsp3) is 1.00. The summed E-state index contributed by atoms with van der Waals surface area (Å²) >= 11 is 0. The Morgan fingerprint density at radius 2 is 2.20 bits per heavy atom. The van der Waals surface area contributed by atoms with Gasteiger partial charge >= 0.3 is 0 Å². The van der Waals surface area contributed by atoms with Gasteiger partial charge in [0.1, 0.15) is 0 Å². The van der Waals surface area contributed by atoms with Crippen LogP contribution in [0.1, 0.15) is 32.6 Å². The Hall–Kier alpha value is -0.0400. The van der Waals surface area contributed by atoms with E-state index in [1.807, 2.05) is 7.05 Å². The van der Waals surface area contributed by atoms with Crippen molar-refractivity contribution in [2.24, 2.45) is 11.8 Å². The molecular weight excluding hydrogens is 122 g/mol. The standard InChI is InChI=1S/C9H19N/c1-8(7-10-2)6-9-4-3-5-9/h8-10H,3-7H2,1-2H3. The van der Waals surface area contributed by atoms with E-state index in [-0.39, 0.29) is 0 Å². The van der Waals surface area contributed by atoms with Gasteiger partial charge in [0.25, 0.3) is 0 Å². The summed E-state index contributed by atoms with van der Waals surface area (Å²) in [6.45, 7) is 3.53. The molecule has 1 saturated carbocycles. The van der Waals surface area contributed by atoms with Gasteiger partial charge in [-0.05, 0) is 31.8 Å². The minimum atomic E-state index is 0.885. The maximum Gasteiger partial charge on any atom is -0.00261 e. The first-order valence-corrected chi connectivity index (χ1v) is 4.47. The van der Waals surface area contributed by atoms with Crippen LogP contribution in [0.2, 0.25) is 0 Å². The van der Waals surface area contributed by atoms with E-state index in [4.69, 9.17) is 0 Å². The highest BCUT2D eigenvalue weighted by Crippen LogP contribution is 2.31. The third-order valence-corrected chi connectivity index (χ3v) is 2.51. The molecule has 1 rings (SSSR count). The van der Waals surface area contributed by atoms with Crippen LogP contribution in [0.4, 0.5) is 0 Å². The van der Waals surface area contributed by atoms with Crippen molar-refractivity contribution in [2.45, 2.75) is 32.6 Å². The van der Waals surface area contributed by atoms with E-state index in [0.29, 0.717) is 0 Å². The molecule has 1 nitrogen and oxygen atoms in total. The Bertz CT molecular complexity index is 86.7. The Morgan fingerprint density at radius 3 is 2.60 bits per heavy atom. The number of hydrogen-bond acceptors (Lipinski definition) is 1. The molecule has 1 aliphatic rings. The number of nitrogens with one attached hydrogen (secondary N) is 1. The summed E-state index contributed by atoms with van der Waals surface area (Å²) in [6, 6.07) is 0. The smallest absolute Gasteiger partial charge is 0.00261 e. The lowest BCUT2D eigenvalue weighted by atomic mass is 9.79. The maximum absolute atomic E-state index is 3.22. The zero-order valence-corrected chi connectivity index (χ0v) is 7.19. The fourth-order valence-corrected chi connectivity index (χ4v) is 1.73. The summed E-state index contributed by atoms with van der Waals surface area (Å²) < 4.78 is 0. The van der Waals surface area contributed by atoms with Gasteiger partial charge in [-0.3, -0.25) is 0 Å². The molecule has 0 aromatic carbocycles. The van der Waals surface area contributed by atoms with Gasteiger partial charge in [0.2, 0.25) is 0 Å². The molecule has 0 heterocycles. The van der Waals surface area contributed by atoms with Gasteiger partial charge in [0.05, 0.1) is 0 Å². The Labute approximate surface area is 64.2 Å². The van der Waals surface area contributed by atoms with Crippen molar-refractivity contribution < 1.29 is 0 Å². The first-order valence-electron chi connectivity index (χ1n) is 4.47. The molecule has 1 fully saturated rings. The predicted octanol–water partition coefficient (Wildman–Crippen LogP) is 2.03. The van der Waals surface area contributed by atoms with Crippen LogP contribution in [0.25, 0.3) is 0 Å². The highest BCUT2D eigenvalue weighted by molar-refractivity contribution is 4.72. The van der Waals surface area contributed by atoms with Gasteiger partial charge < -0.3 is 5.32 Å². The van der Waals surface area contributed by atoms with Crippen molar-refractivity contribution in [3.8, 4) is 0 Å². The van der Waals surface area contributed by atoms with Gasteiger partial charge in [-0.1, -0.05) is 26.2 Å². The van der Waals surface area contributed by atoms with E-state index in [9.17, 15) is 0 Å². The molecule has 1 heteroatoms. The molecule has 0 aromatic heterocycles. The molecule has 0 radical (unpaired) electrons. The highest BCUT2D eigenvalue weighted by atomic mass is 14.8. The van der Waals surface area contributed by atoms with E-state index in [1.54, 1.807) is 0 Å². The van der Waals surface area contributed by atoms with E-state index >= 15 is 0 Å². The van der Waals surface area contributed by atoms with Crippen molar-refractivity contribution >= 4 is 0 Å². The van der Waals surface area contributed by atoms with Crippen molar-refractivity contribution in [1.82, 2.24) is 5.32 Å². The molecule has 60 valence electrons. The van der Waals surface area contributed by atoms with Crippen molar-refractivity contribution in [2.75, 3.05) is 13.6 Å². The zero-order valence-electron chi connectivity index (χ0n) is 7.19. The fourth-order valence-electron chi connectivity index (χ4n) is 1.73. The minimum Gasteiger partial charge on any atom is -0.319 e. The second-order valence-electron chi connectivity index (χ2n) is 3.70. The van der Waals surface area contributed by atoms with Crippen LogP contribution in [-0.2, 0) is 0 Å². The first kappa shape index (κ1) is 8.06. The molecule has 0 saturated heterocycles. The molecule has 0 aliphatic heterocycles. The molecule has 0 amide bonds. The minimum absolute atomic E-state index is 0.885. The largest absolute Gasteiger partial charge is 0.319 e. The maximum atomic E-state index is 3.22. The predicted molar refractivity (Wildman–Crippen MR) is 45.0 cm³/mol. The third-order valence-electron chi connectivity index (χ3n) is 2.51. The second kappa shape index (κ2) is 3.97. The Morgan fingerprint density at radius 1 is 1.50 bits per heavy atom. The lowest BCUT2D eigenvalue weighted by Gasteiger charge is -2.27. The van der Waals surface area contributed by atoms with Crippen molar-refractivity contribution in [3.63, 3.8) is 0 Å². The quantitative estimate of drug-likeness (QED) is 0.631. The molecule has 0 aromatic rings. The summed E-state index contributed by atoms with van der Waals surface area (Å²) in [4.78, 5) is 0. The molecule has 1 atom stereocenters. The third kappa shape index (κ3) is 2.30. The van der Waals surface area contributed by atoms with Crippen molar-refractivity contribution in [3.05, 3.63) is 0 Å². The summed E-state index contributed by atoms with van der Waals surface area (Å²) in [5.74, 6) is 1.96. The van der Waals surface area contributed by atoms with Crippen LogP contribution in [0.3, 0.4) is 0 Å². The molecular formula is C9H19N. The van der Waals surface area contributed by atoms with E-state index in [1.165, 1.54) is 32.2 Å². The topological polar surface area (TPSA) is 12.0 Å². The van der Waals surface area contributed by atoms with Crippen LogP contribution < -0.4 is 5.32 Å². The Kier molecular flexibility index (Phi) is 3.20. The first-order chi connectivity index (χ1) is 4.83. The molecule has 1 unspecified atom stereocenters. The summed E-state index contributed by atoms with van der Waals surface area (Å²) in [7, 11) is 2.04. The van der Waals surface area contributed by atoms with Crippen LogP contribution in [-0.4, -0.2) is 13.6 Å². The zero-order chi connectivity index (χ0) is 7.40. The van der Waals surface area contributed by atoms with E-state index < -0.39 is 0 Å². The molecule has 1 N–H and O–H groups in total. The summed E-state index contributed by atoms with van der Waals surface area (Å²) in [5, 5.41) is 3.22. The lowest BCUT2D eigenvalue weighted by Crippen LogP contribution is -2.21. The summed E-state index contributed by atoms with van der Waals surface area (Å²) in [6.07, 6.45) is 5.92. The highest BCUT2D eigenvalue weighted by Gasteiger charge is 2.19. The second-order valence-corrected chi connectivity index (χ2v) is 3.70. The molecule has 10 heavy (non-hydrogen) atoms. The Balaban J connectivity index is 1.99. The lowest BCUT2D eigenvalue weighted by molar-refractivity contribution is 0.255. The van der Waals surface area contributed by atoms with Crippen LogP contribution in [0.5, 0.6) is 0 Å². The van der Waals surface area contributed by atoms with E-state index in [0.717, 1.165) is 11.8 Å². The normalized spacial score (nSPS) is 22.2. The monoisotopic (exact) mass is 141 g/mol. The van der Waals surface area contributed by atoms with Gasteiger partial charge in [0, 0.05) is 0 Å².